The molecule has 0 radical (unpaired) electrons. The Hall–Kier alpha value is -2.11. The van der Waals surface area contributed by atoms with E-state index in [0.717, 1.165) is 5.57 Å². The van der Waals surface area contributed by atoms with Gasteiger partial charge in [-0.15, -0.1) is 0 Å². The van der Waals surface area contributed by atoms with Crippen molar-refractivity contribution in [2.24, 2.45) is 0 Å². The molecule has 0 aromatic heterocycles. The van der Waals surface area contributed by atoms with Crippen LogP contribution in [0.15, 0.2) is 42.0 Å². The van der Waals surface area contributed by atoms with Gasteiger partial charge in [-0.25, -0.2) is 5.09 Å². The molecule has 0 amide bonds. The summed E-state index contributed by atoms with van der Waals surface area (Å²) in [5.41, 5.74) is 0.842. The maximum absolute atomic E-state index is 13.0. The average Bonchev–Trinajstić information content (AvgIpc) is 2.58. The van der Waals surface area contributed by atoms with Gasteiger partial charge in [0.15, 0.2) is 0 Å². The van der Waals surface area contributed by atoms with E-state index in [0.29, 0.717) is 12.2 Å². The number of nitrogens with one attached hydrogen (secondary N) is 1. The molecule has 1 unspecified atom stereocenters. The summed E-state index contributed by atoms with van der Waals surface area (Å²) in [5, 5.41) is 2.66. The quantitative estimate of drug-likeness (QED) is 0.385. The Morgan fingerprint density at radius 3 is 2.48 bits per heavy atom. The molecule has 0 fully saturated rings. The fourth-order valence-corrected chi connectivity index (χ4v) is 3.44. The maximum atomic E-state index is 13.0. The predicted octanol–water partition coefficient (Wildman–Crippen LogP) is 2.92. The van der Waals surface area contributed by atoms with Gasteiger partial charge in [0.05, 0.1) is 13.3 Å². The highest BCUT2D eigenvalue weighted by atomic mass is 31.2. The van der Waals surface area contributed by atoms with Crippen molar-refractivity contribution < 1.29 is 28.2 Å². The van der Waals surface area contributed by atoms with E-state index >= 15 is 0 Å². The van der Waals surface area contributed by atoms with Crippen LogP contribution in [-0.4, -0.2) is 38.4 Å². The second kappa shape index (κ2) is 10.7. The Morgan fingerprint density at radius 2 is 1.88 bits per heavy atom. The van der Waals surface area contributed by atoms with Crippen LogP contribution in [0.1, 0.15) is 20.3 Å². The molecule has 0 aliphatic heterocycles. The third kappa shape index (κ3) is 9.08. The number of benzene rings is 1. The number of ether oxygens (including phenoxy) is 2. The largest absolute Gasteiger partial charge is 0.468 e. The molecule has 0 aliphatic carbocycles. The molecule has 1 rings (SSSR count). The molecule has 8 heteroatoms. The number of allylic oxidation sites excluding steroid dienone is 1. The summed E-state index contributed by atoms with van der Waals surface area (Å²) in [6, 6.07) is 8.73. The van der Waals surface area contributed by atoms with Crippen LogP contribution in [0.4, 0.5) is 0 Å². The first-order valence-corrected chi connectivity index (χ1v) is 9.60. The molecule has 1 aromatic carbocycles. The Bertz CT molecular complexity index is 644. The molecule has 0 aliphatic rings. The van der Waals surface area contributed by atoms with Crippen LogP contribution in [0.2, 0.25) is 0 Å². The topological polar surface area (TPSA) is 90.9 Å². The van der Waals surface area contributed by atoms with Crippen molar-refractivity contribution >= 4 is 19.5 Å². The van der Waals surface area contributed by atoms with Crippen molar-refractivity contribution in [3.8, 4) is 5.75 Å². The van der Waals surface area contributed by atoms with Crippen LogP contribution in [0.3, 0.4) is 0 Å². The SMILES string of the molecule is COC(=O)CNP(=O)(CC/C=C(\C)COC(C)=O)Oc1ccccc1. The van der Waals surface area contributed by atoms with Crippen molar-refractivity contribution in [3.05, 3.63) is 42.0 Å². The van der Waals surface area contributed by atoms with Crippen molar-refractivity contribution in [2.75, 3.05) is 26.4 Å². The van der Waals surface area contributed by atoms with E-state index in [2.05, 4.69) is 9.82 Å². The molecule has 7 nitrogen and oxygen atoms in total. The number of methoxy groups -OCH3 is 1. The molecule has 25 heavy (non-hydrogen) atoms. The third-order valence-electron chi connectivity index (χ3n) is 3.11. The summed E-state index contributed by atoms with van der Waals surface area (Å²) >= 11 is 0. The van der Waals surface area contributed by atoms with Gasteiger partial charge in [0, 0.05) is 6.92 Å². The van der Waals surface area contributed by atoms with E-state index in [1.54, 1.807) is 24.3 Å². The fourth-order valence-electron chi connectivity index (χ4n) is 1.82. The highest BCUT2D eigenvalue weighted by molar-refractivity contribution is 7.57. The minimum absolute atomic E-state index is 0.177. The van der Waals surface area contributed by atoms with E-state index < -0.39 is 13.5 Å². The van der Waals surface area contributed by atoms with Gasteiger partial charge in [0.2, 0.25) is 0 Å². The lowest BCUT2D eigenvalue weighted by Gasteiger charge is -2.19. The third-order valence-corrected chi connectivity index (χ3v) is 5.10. The first-order chi connectivity index (χ1) is 11.8. The Balaban J connectivity index is 2.70. The number of hydrogen-bond donors (Lipinski definition) is 1. The Kier molecular flexibility index (Phi) is 8.95. The summed E-state index contributed by atoms with van der Waals surface area (Å²) in [6.07, 6.45) is 2.44. The van der Waals surface area contributed by atoms with Gasteiger partial charge in [-0.3, -0.25) is 14.2 Å². The minimum Gasteiger partial charge on any atom is -0.468 e. The molecular weight excluding hydrogens is 345 g/mol. The fraction of sp³-hybridized carbons (Fsp3) is 0.412. The highest BCUT2D eigenvalue weighted by Gasteiger charge is 2.24. The Labute approximate surface area is 147 Å². The standard InChI is InChI=1S/C17H24NO6P/c1-14(13-23-15(2)19)8-7-11-25(21,18-12-17(20)22-3)24-16-9-5-4-6-10-16/h4-6,8-10H,7,11-13H2,1-3H3,(H,18,21)/b14-8+. The van der Waals surface area contributed by atoms with Crippen molar-refractivity contribution in [2.45, 2.75) is 20.3 Å². The Morgan fingerprint density at radius 1 is 1.20 bits per heavy atom. The monoisotopic (exact) mass is 369 g/mol. The van der Waals surface area contributed by atoms with Crippen LogP contribution in [0.5, 0.6) is 5.75 Å². The number of para-hydroxylation sites is 1. The molecular formula is C17H24NO6P. The summed E-state index contributed by atoms with van der Waals surface area (Å²) < 4.78 is 28.0. The molecule has 0 saturated heterocycles. The van der Waals surface area contributed by atoms with Crippen LogP contribution in [0, 0.1) is 0 Å². The minimum atomic E-state index is -3.31. The molecule has 1 aromatic rings. The zero-order chi connectivity index (χ0) is 18.7. The zero-order valence-electron chi connectivity index (χ0n) is 14.7. The zero-order valence-corrected chi connectivity index (χ0v) is 15.6. The van der Waals surface area contributed by atoms with E-state index in [-0.39, 0.29) is 25.3 Å². The van der Waals surface area contributed by atoms with E-state index in [1.807, 2.05) is 19.1 Å². The lowest BCUT2D eigenvalue weighted by atomic mass is 10.3. The summed E-state index contributed by atoms with van der Waals surface area (Å²) in [7, 11) is -2.05. The second-order valence-electron chi connectivity index (χ2n) is 5.33. The maximum Gasteiger partial charge on any atom is 0.320 e. The van der Waals surface area contributed by atoms with Gasteiger partial charge in [-0.05, 0) is 31.1 Å². The molecule has 0 bridgehead atoms. The lowest BCUT2D eigenvalue weighted by Crippen LogP contribution is -2.25. The second-order valence-corrected chi connectivity index (χ2v) is 7.62. The van der Waals surface area contributed by atoms with Crippen LogP contribution < -0.4 is 9.61 Å². The van der Waals surface area contributed by atoms with Gasteiger partial charge in [0.1, 0.15) is 18.9 Å². The number of carbonyl (C=O) groups is 2. The molecule has 0 saturated carbocycles. The van der Waals surface area contributed by atoms with Crippen LogP contribution >= 0.6 is 7.52 Å². The average molecular weight is 369 g/mol. The normalized spacial score (nSPS) is 13.6. The number of rotatable bonds is 10. The first-order valence-electron chi connectivity index (χ1n) is 7.79. The lowest BCUT2D eigenvalue weighted by molar-refractivity contribution is -0.140. The van der Waals surface area contributed by atoms with Crippen molar-refractivity contribution in [1.82, 2.24) is 5.09 Å². The van der Waals surface area contributed by atoms with Gasteiger partial charge >= 0.3 is 19.5 Å². The highest BCUT2D eigenvalue weighted by Crippen LogP contribution is 2.43. The number of hydrogen-bond acceptors (Lipinski definition) is 6. The van der Waals surface area contributed by atoms with E-state index in [9.17, 15) is 14.2 Å². The van der Waals surface area contributed by atoms with E-state index in [1.165, 1.54) is 14.0 Å². The summed E-state index contributed by atoms with van der Waals surface area (Å²) in [5.74, 6) is -0.437. The van der Waals surface area contributed by atoms with Crippen molar-refractivity contribution in [1.29, 1.82) is 0 Å². The van der Waals surface area contributed by atoms with Crippen LogP contribution in [0.25, 0.3) is 0 Å². The summed E-state index contributed by atoms with van der Waals surface area (Å²) in [6.45, 7) is 3.13. The molecule has 1 N–H and O–H groups in total. The molecule has 1 atom stereocenters. The van der Waals surface area contributed by atoms with Gasteiger partial charge in [-0.1, -0.05) is 24.3 Å². The molecule has 138 valence electrons. The van der Waals surface area contributed by atoms with Gasteiger partial charge in [0.25, 0.3) is 0 Å². The van der Waals surface area contributed by atoms with Crippen molar-refractivity contribution in [3.63, 3.8) is 0 Å². The molecule has 0 heterocycles. The molecule has 0 spiro atoms. The summed E-state index contributed by atoms with van der Waals surface area (Å²) in [4.78, 5) is 22.1. The van der Waals surface area contributed by atoms with Gasteiger partial charge < -0.3 is 14.0 Å². The first kappa shape index (κ1) is 20.9. The smallest absolute Gasteiger partial charge is 0.320 e. The van der Waals surface area contributed by atoms with Gasteiger partial charge in [-0.2, -0.15) is 0 Å². The predicted molar refractivity (Wildman–Crippen MR) is 94.6 cm³/mol. The van der Waals surface area contributed by atoms with E-state index in [4.69, 9.17) is 9.26 Å². The number of esters is 2. The number of carbonyl (C=O) groups excluding carboxylic acids is 2. The van der Waals surface area contributed by atoms with Crippen LogP contribution in [-0.2, 0) is 23.6 Å².